The maximum Gasteiger partial charge on any atom is 0.182 e. The molecule has 0 aliphatic rings. The molecule has 2 rings (SSSR count). The molecule has 0 fully saturated rings. The smallest absolute Gasteiger partial charge is 0.182 e. The molecule has 2 atom stereocenters. The summed E-state index contributed by atoms with van der Waals surface area (Å²) in [5, 5.41) is 0. The predicted octanol–water partition coefficient (Wildman–Crippen LogP) is 2.35. The Morgan fingerprint density at radius 1 is 1.11 bits per heavy atom. The van der Waals surface area contributed by atoms with Crippen molar-refractivity contribution in [2.75, 3.05) is 6.23 Å². The van der Waals surface area contributed by atoms with Gasteiger partial charge in [0.15, 0.2) is 9.76 Å². The second-order valence-electron chi connectivity index (χ2n) is 4.27. The quantitative estimate of drug-likeness (QED) is 0.677. The topological polar surface area (TPSA) is 29.5 Å². The molecule has 112 valence electrons. The van der Waals surface area contributed by atoms with Crippen molar-refractivity contribution in [2.45, 2.75) is 25.9 Å². The van der Waals surface area contributed by atoms with Gasteiger partial charge in [0.1, 0.15) is 0 Å². The Labute approximate surface area is 128 Å². The summed E-state index contributed by atoms with van der Waals surface area (Å²) in [6.07, 6.45) is 0.758. The van der Waals surface area contributed by atoms with Crippen LogP contribution in [0, 0.1) is 0 Å². The van der Waals surface area contributed by atoms with Gasteiger partial charge in [-0.1, -0.05) is 6.92 Å². The Balaban J connectivity index is 0.000000454. The van der Waals surface area contributed by atoms with Gasteiger partial charge in [-0.05, 0) is 12.8 Å². The normalized spacial score (nSPS) is 13.4. The molecular weight excluding hydrogens is 296 g/mol. The Morgan fingerprint density at radius 3 is 2.00 bits per heavy atom. The number of rotatable bonds is 5. The van der Waals surface area contributed by atoms with E-state index in [1.165, 1.54) is 5.56 Å². The Bertz CT molecular complexity index is 356. The fourth-order valence-electron chi connectivity index (χ4n) is 1.67. The molecule has 2 nitrogen and oxygen atoms in total. The van der Waals surface area contributed by atoms with Crippen molar-refractivity contribution < 1.29 is 26.6 Å². The Morgan fingerprint density at radius 2 is 1.58 bits per heavy atom. The SMILES string of the molecule is CC(OC[SiH2]O)C(C)[c-]1cccc1.[Fe].[cH-]1[cH-][cH-][cH-][cH-]1. The van der Waals surface area contributed by atoms with Crippen molar-refractivity contribution in [3.05, 3.63) is 60.2 Å². The Hall–Kier alpha value is -0.644. The van der Waals surface area contributed by atoms with Gasteiger partial charge in [-0.2, -0.15) is 17.7 Å². The van der Waals surface area contributed by atoms with Crippen LogP contribution in [-0.2, 0) is 21.8 Å². The van der Waals surface area contributed by atoms with Crippen LogP contribution in [0.5, 0.6) is 0 Å². The molecule has 0 saturated heterocycles. The van der Waals surface area contributed by atoms with Gasteiger partial charge in [-0.15, -0.1) is 0 Å². The molecule has 2 unspecified atom stereocenters. The second-order valence-corrected chi connectivity index (χ2v) is 5.12. The number of ether oxygens (including phenoxy) is 1. The van der Waals surface area contributed by atoms with E-state index in [0.29, 0.717) is 12.1 Å². The van der Waals surface area contributed by atoms with E-state index >= 15 is 0 Å². The van der Waals surface area contributed by atoms with E-state index in [1.54, 1.807) is 0 Å². The van der Waals surface area contributed by atoms with E-state index in [2.05, 4.69) is 26.0 Å². The van der Waals surface area contributed by atoms with E-state index in [9.17, 15) is 0 Å². The fourth-order valence-corrected chi connectivity index (χ4v) is 2.14. The minimum absolute atomic E-state index is 0. The predicted molar refractivity (Wildman–Crippen MR) is 78.7 cm³/mol. The van der Waals surface area contributed by atoms with E-state index in [0.717, 1.165) is 0 Å². The summed E-state index contributed by atoms with van der Waals surface area (Å²) in [5.74, 6) is 0.413. The van der Waals surface area contributed by atoms with Crippen LogP contribution in [0.3, 0.4) is 0 Å². The average molecular weight is 318 g/mol. The summed E-state index contributed by atoms with van der Waals surface area (Å²) in [4.78, 5) is 8.74. The molecule has 0 bridgehead atoms. The first-order chi connectivity index (χ1) is 8.75. The van der Waals surface area contributed by atoms with Crippen molar-refractivity contribution in [3.63, 3.8) is 0 Å². The third-order valence-corrected chi connectivity index (χ3v) is 3.36. The van der Waals surface area contributed by atoms with Crippen LogP contribution in [0.25, 0.3) is 0 Å². The molecular formula is C15H22FeO2Si-6. The molecule has 0 aliphatic carbocycles. The van der Waals surface area contributed by atoms with Crippen LogP contribution < -0.4 is 0 Å². The Kier molecular flexibility index (Phi) is 10.8. The summed E-state index contributed by atoms with van der Waals surface area (Å²) in [5.41, 5.74) is 1.31. The molecule has 0 saturated carbocycles. The van der Waals surface area contributed by atoms with E-state index in [4.69, 9.17) is 9.53 Å². The number of hydrogen-bond donors (Lipinski definition) is 1. The van der Waals surface area contributed by atoms with Gasteiger partial charge in [-0.25, -0.2) is 12.1 Å². The molecule has 1 N–H and O–H groups in total. The molecule has 0 aromatic heterocycles. The summed E-state index contributed by atoms with van der Waals surface area (Å²) < 4.78 is 5.49. The summed E-state index contributed by atoms with van der Waals surface area (Å²) >= 11 is 0. The maximum atomic E-state index is 8.74. The van der Waals surface area contributed by atoms with E-state index in [-0.39, 0.29) is 23.2 Å². The first-order valence-electron chi connectivity index (χ1n) is 6.36. The zero-order chi connectivity index (χ0) is 13.2. The second kappa shape index (κ2) is 11.2. The zero-order valence-corrected chi connectivity index (χ0v) is 14.0. The van der Waals surface area contributed by atoms with Gasteiger partial charge < -0.3 is 39.9 Å². The minimum Gasteiger partial charge on any atom is -0.748 e. The molecule has 2 aromatic rings. The summed E-state index contributed by atoms with van der Waals surface area (Å²) in [6, 6.07) is 18.3. The molecule has 2 aromatic carbocycles. The molecule has 0 heterocycles. The van der Waals surface area contributed by atoms with Crippen LogP contribution in [0.2, 0.25) is 0 Å². The first-order valence-corrected chi connectivity index (χ1v) is 7.99. The monoisotopic (exact) mass is 318 g/mol. The van der Waals surface area contributed by atoms with Crippen molar-refractivity contribution in [2.24, 2.45) is 0 Å². The molecule has 19 heavy (non-hydrogen) atoms. The van der Waals surface area contributed by atoms with Crippen LogP contribution in [0.1, 0.15) is 25.3 Å². The van der Waals surface area contributed by atoms with E-state index < -0.39 is 9.76 Å². The number of hydrogen-bond acceptors (Lipinski definition) is 2. The zero-order valence-electron chi connectivity index (χ0n) is 11.5. The van der Waals surface area contributed by atoms with E-state index in [1.807, 2.05) is 42.5 Å². The third kappa shape index (κ3) is 7.50. The van der Waals surface area contributed by atoms with Gasteiger partial charge in [0.05, 0.1) is 12.3 Å². The van der Waals surface area contributed by atoms with Gasteiger partial charge >= 0.3 is 0 Å². The van der Waals surface area contributed by atoms with Gasteiger partial charge in [-0.3, -0.25) is 0 Å². The third-order valence-electron chi connectivity index (χ3n) is 2.95. The standard InChI is InChI=1S/C10H17O2Si.C5H5.Fe/c1-8(9(2)12-7-13-11)10-5-3-4-6-10;1-2-4-5-3-1;/h3-6,8-9,11H,7,13H2,1-2H3;1-5H;/q-1;-5;. The first kappa shape index (κ1) is 18.4. The maximum absolute atomic E-state index is 8.74. The van der Waals surface area contributed by atoms with Crippen molar-refractivity contribution in [1.29, 1.82) is 0 Å². The molecule has 0 radical (unpaired) electrons. The van der Waals surface area contributed by atoms with Gasteiger partial charge in [0.25, 0.3) is 0 Å². The van der Waals surface area contributed by atoms with Crippen LogP contribution in [0.4, 0.5) is 0 Å². The molecule has 4 heteroatoms. The summed E-state index contributed by atoms with van der Waals surface area (Å²) in [7, 11) is -0.950. The van der Waals surface area contributed by atoms with Crippen molar-refractivity contribution >= 4 is 9.76 Å². The van der Waals surface area contributed by atoms with Crippen LogP contribution in [0.15, 0.2) is 54.6 Å². The molecule has 0 amide bonds. The van der Waals surface area contributed by atoms with Crippen molar-refractivity contribution in [3.8, 4) is 0 Å². The summed E-state index contributed by atoms with van der Waals surface area (Å²) in [6.45, 7) is 4.21. The molecule has 0 aliphatic heterocycles. The largest absolute Gasteiger partial charge is 0.748 e. The fraction of sp³-hybridized carbons (Fsp3) is 0.333. The van der Waals surface area contributed by atoms with Crippen molar-refractivity contribution in [1.82, 2.24) is 0 Å². The van der Waals surface area contributed by atoms with Gasteiger partial charge in [0, 0.05) is 17.1 Å². The molecule has 0 spiro atoms. The van der Waals surface area contributed by atoms with Gasteiger partial charge in [0.2, 0.25) is 0 Å². The minimum atomic E-state index is -0.950. The van der Waals surface area contributed by atoms with Crippen LogP contribution >= 0.6 is 0 Å². The average Bonchev–Trinajstić information content (AvgIpc) is 3.08. The van der Waals surface area contributed by atoms with Crippen LogP contribution in [-0.4, -0.2) is 26.9 Å².